The van der Waals surface area contributed by atoms with E-state index in [9.17, 15) is 0 Å². The number of rotatable bonds is 1. The van der Waals surface area contributed by atoms with Gasteiger partial charge in [-0.2, -0.15) is 0 Å². The van der Waals surface area contributed by atoms with E-state index in [1.807, 2.05) is 0 Å². The minimum atomic E-state index is -0.230. The Bertz CT molecular complexity index is 2090. The molecule has 0 radical (unpaired) electrons. The van der Waals surface area contributed by atoms with Crippen molar-refractivity contribution in [3.63, 3.8) is 0 Å². The molecule has 0 saturated carbocycles. The molecule has 4 heteroatoms. The number of anilines is 3. The maximum Gasteiger partial charge on any atom is 0.432 e. The van der Waals surface area contributed by atoms with Crippen molar-refractivity contribution in [2.45, 2.75) is 0 Å². The van der Waals surface area contributed by atoms with Gasteiger partial charge in [0.05, 0.1) is 6.26 Å². The second-order valence-electron chi connectivity index (χ2n) is 10.1. The fourth-order valence-corrected chi connectivity index (χ4v) is 6.50. The predicted molar refractivity (Wildman–Crippen MR) is 157 cm³/mol. The Labute approximate surface area is 219 Å². The second-order valence-corrected chi connectivity index (χ2v) is 10.1. The average Bonchev–Trinajstić information content (AvgIpc) is 3.45. The van der Waals surface area contributed by atoms with Gasteiger partial charge in [-0.15, -0.1) is 0 Å². The summed E-state index contributed by atoms with van der Waals surface area (Å²) in [5.41, 5.74) is 8.91. The Morgan fingerprint density at radius 1 is 0.579 bits per heavy atom. The molecule has 176 valence electrons. The molecule has 1 aromatic heterocycles. The van der Waals surface area contributed by atoms with Crippen molar-refractivity contribution in [2.24, 2.45) is 0 Å². The van der Waals surface area contributed by atoms with Gasteiger partial charge in [0.2, 0.25) is 0 Å². The minimum Gasteiger partial charge on any atom is -0.551 e. The molecular formula is C34H20BNO2. The lowest BCUT2D eigenvalue weighted by Gasteiger charge is -2.40. The zero-order valence-electron chi connectivity index (χ0n) is 20.4. The summed E-state index contributed by atoms with van der Waals surface area (Å²) in [7, 11) is 0. The number of hydrogen-bond donors (Lipinski definition) is 0. The topological polar surface area (TPSA) is 25.6 Å². The van der Waals surface area contributed by atoms with Gasteiger partial charge in [-0.25, -0.2) is 0 Å². The lowest BCUT2D eigenvalue weighted by Crippen LogP contribution is -2.56. The van der Waals surface area contributed by atoms with E-state index in [1.54, 1.807) is 6.26 Å². The molecule has 3 heterocycles. The summed E-state index contributed by atoms with van der Waals surface area (Å²) in [6.45, 7) is -0.230. The van der Waals surface area contributed by atoms with E-state index < -0.39 is 0 Å². The summed E-state index contributed by atoms with van der Waals surface area (Å²) in [5, 5.41) is 5.98. The van der Waals surface area contributed by atoms with Crippen LogP contribution in [0.15, 0.2) is 126 Å². The maximum atomic E-state index is 6.90. The second kappa shape index (κ2) is 7.30. The van der Waals surface area contributed by atoms with Crippen LogP contribution in [-0.2, 0) is 0 Å². The third-order valence-electron chi connectivity index (χ3n) is 8.12. The highest BCUT2D eigenvalue weighted by Gasteiger charge is 2.44. The van der Waals surface area contributed by atoms with Crippen LogP contribution in [0.5, 0.6) is 5.75 Å². The molecule has 2 aliphatic heterocycles. The van der Waals surface area contributed by atoms with E-state index in [0.717, 1.165) is 39.3 Å². The molecule has 0 N–H and O–H groups in total. The molecule has 3 nitrogen and oxygen atoms in total. The van der Waals surface area contributed by atoms with Gasteiger partial charge < -0.3 is 14.0 Å². The fraction of sp³-hybridized carbons (Fsp3) is 0. The molecule has 0 bridgehead atoms. The maximum absolute atomic E-state index is 6.90. The van der Waals surface area contributed by atoms with Crippen LogP contribution in [0.2, 0.25) is 0 Å². The van der Waals surface area contributed by atoms with Crippen molar-refractivity contribution in [1.82, 2.24) is 0 Å². The Morgan fingerprint density at radius 3 is 2.32 bits per heavy atom. The van der Waals surface area contributed by atoms with Crippen LogP contribution in [0.25, 0.3) is 43.6 Å². The first kappa shape index (κ1) is 20.1. The molecule has 9 rings (SSSR count). The molecule has 0 aliphatic carbocycles. The molecule has 0 atom stereocenters. The summed E-state index contributed by atoms with van der Waals surface area (Å²) >= 11 is 0. The Hall–Kier alpha value is -4.96. The monoisotopic (exact) mass is 485 g/mol. The van der Waals surface area contributed by atoms with E-state index in [-0.39, 0.29) is 6.92 Å². The lowest BCUT2D eigenvalue weighted by atomic mass is 9.48. The molecule has 2 aliphatic rings. The molecule has 0 saturated heterocycles. The molecule has 38 heavy (non-hydrogen) atoms. The van der Waals surface area contributed by atoms with Crippen LogP contribution in [0.3, 0.4) is 0 Å². The van der Waals surface area contributed by atoms with Crippen molar-refractivity contribution in [3.8, 4) is 16.9 Å². The first-order chi connectivity index (χ1) is 18.8. The van der Waals surface area contributed by atoms with Crippen LogP contribution in [0.4, 0.5) is 17.1 Å². The van der Waals surface area contributed by atoms with E-state index >= 15 is 0 Å². The highest BCUT2D eigenvalue weighted by Crippen LogP contribution is 2.47. The normalized spacial score (nSPS) is 13.4. The highest BCUT2D eigenvalue weighted by molar-refractivity contribution is 6.87. The Morgan fingerprint density at radius 2 is 1.37 bits per heavy atom. The van der Waals surface area contributed by atoms with Gasteiger partial charge in [0.1, 0.15) is 11.3 Å². The van der Waals surface area contributed by atoms with Crippen LogP contribution in [0, 0.1) is 0 Å². The number of nitrogens with zero attached hydrogens (tertiary/aromatic N) is 1. The van der Waals surface area contributed by atoms with E-state index in [2.05, 4.69) is 120 Å². The first-order valence-electron chi connectivity index (χ1n) is 13.0. The van der Waals surface area contributed by atoms with Gasteiger partial charge in [0.25, 0.3) is 0 Å². The van der Waals surface area contributed by atoms with Crippen molar-refractivity contribution in [2.75, 3.05) is 4.90 Å². The third kappa shape index (κ3) is 2.59. The van der Waals surface area contributed by atoms with E-state index in [4.69, 9.17) is 9.07 Å². The standard InChI is InChI=1S/C34H20BNO2/c1-2-9-23-19-24(15-13-21(23)7-1)36-28-16-14-22-8-3-4-10-25(22)33(28)35-34-29(36)20-31-27(17-18-37-31)32(34)26-11-5-6-12-30(26)38-35/h1-20H. The zero-order valence-corrected chi connectivity index (χ0v) is 20.4. The van der Waals surface area contributed by atoms with E-state index in [0.29, 0.717) is 0 Å². The van der Waals surface area contributed by atoms with Crippen molar-refractivity contribution >= 4 is 67.4 Å². The quantitative estimate of drug-likeness (QED) is 0.223. The zero-order chi connectivity index (χ0) is 24.8. The fourth-order valence-electron chi connectivity index (χ4n) is 6.50. The smallest absolute Gasteiger partial charge is 0.432 e. The van der Waals surface area contributed by atoms with Gasteiger partial charge >= 0.3 is 6.92 Å². The number of para-hydroxylation sites is 1. The van der Waals surface area contributed by atoms with E-state index in [1.165, 1.54) is 38.0 Å². The van der Waals surface area contributed by atoms with Gasteiger partial charge in [-0.1, -0.05) is 78.9 Å². The summed E-state index contributed by atoms with van der Waals surface area (Å²) in [6.07, 6.45) is 1.79. The van der Waals surface area contributed by atoms with Gasteiger partial charge in [0.15, 0.2) is 0 Å². The van der Waals surface area contributed by atoms with Gasteiger partial charge in [-0.05, 0) is 57.4 Å². The Balaban J connectivity index is 1.45. The Kier molecular flexibility index (Phi) is 3.87. The summed E-state index contributed by atoms with van der Waals surface area (Å²) in [6, 6.07) is 41.0. The van der Waals surface area contributed by atoms with Crippen LogP contribution in [0.1, 0.15) is 0 Å². The molecule has 7 aromatic rings. The van der Waals surface area contributed by atoms with Crippen LogP contribution < -0.4 is 20.5 Å². The predicted octanol–water partition coefficient (Wildman–Crippen LogP) is 7.69. The number of benzene rings is 6. The number of furan rings is 1. The molecule has 0 amide bonds. The van der Waals surface area contributed by atoms with Crippen LogP contribution in [-0.4, -0.2) is 6.92 Å². The number of fused-ring (bicyclic) bond motifs is 9. The lowest BCUT2D eigenvalue weighted by molar-refractivity contribution is 0.590. The van der Waals surface area contributed by atoms with Crippen molar-refractivity contribution in [1.29, 1.82) is 0 Å². The SMILES string of the molecule is c1ccc2c(c1)OB1c3c(cc4occc4c3-2)N(c2ccc3ccccc3c2)c2ccc3ccccc3c21. The summed E-state index contributed by atoms with van der Waals surface area (Å²) < 4.78 is 12.9. The largest absolute Gasteiger partial charge is 0.551 e. The average molecular weight is 485 g/mol. The molecule has 0 fully saturated rings. The summed E-state index contributed by atoms with van der Waals surface area (Å²) in [4.78, 5) is 2.39. The van der Waals surface area contributed by atoms with Crippen LogP contribution >= 0.6 is 0 Å². The minimum absolute atomic E-state index is 0.230. The van der Waals surface area contributed by atoms with Crippen molar-refractivity contribution in [3.05, 3.63) is 122 Å². The third-order valence-corrected chi connectivity index (χ3v) is 8.12. The van der Waals surface area contributed by atoms with Gasteiger partial charge in [0, 0.05) is 45.0 Å². The molecule has 0 spiro atoms. The molecular weight excluding hydrogens is 465 g/mol. The highest BCUT2D eigenvalue weighted by atomic mass is 16.4. The van der Waals surface area contributed by atoms with Crippen molar-refractivity contribution < 1.29 is 9.07 Å². The number of hydrogen-bond acceptors (Lipinski definition) is 3. The van der Waals surface area contributed by atoms with Gasteiger partial charge in [-0.3, -0.25) is 0 Å². The summed E-state index contributed by atoms with van der Waals surface area (Å²) in [5.74, 6) is 0.905. The molecule has 0 unspecified atom stereocenters. The molecule has 6 aromatic carbocycles. The first-order valence-corrected chi connectivity index (χ1v) is 13.0.